The molecule has 1 fully saturated rings. The Morgan fingerprint density at radius 3 is 2.92 bits per heavy atom. The van der Waals surface area contributed by atoms with Crippen molar-refractivity contribution in [2.45, 2.75) is 19.1 Å². The number of hydrogen-bond donors (Lipinski definition) is 1. The molecule has 2 atom stereocenters. The number of hydrogen-bond acceptors (Lipinski definition) is 4. The van der Waals surface area contributed by atoms with Gasteiger partial charge in [0.05, 0.1) is 13.2 Å². The van der Waals surface area contributed by atoms with Gasteiger partial charge in [0.2, 0.25) is 6.10 Å². The fourth-order valence-corrected chi connectivity index (χ4v) is 1.10. The normalized spacial score (nSPS) is 27.1. The molecule has 0 bridgehead atoms. The summed E-state index contributed by atoms with van der Waals surface area (Å²) in [5, 5.41) is 2.47. The number of nitrogens with one attached hydrogen (secondary N) is 1. The number of cyclic esters (lactones) is 1. The molecule has 0 spiro atoms. The predicted molar refractivity (Wildman–Crippen MR) is 44.0 cm³/mol. The Hall–Kier alpha value is -1.52. The highest BCUT2D eigenvalue weighted by Gasteiger charge is 2.38. The molecule has 2 unspecified atom stereocenters. The minimum absolute atomic E-state index is 0.426. The van der Waals surface area contributed by atoms with Gasteiger partial charge in [-0.25, -0.2) is 9.59 Å². The average Bonchev–Trinajstić information content (AvgIpc) is 2.46. The quantitative estimate of drug-likeness (QED) is 0.493. The van der Waals surface area contributed by atoms with Gasteiger partial charge in [0, 0.05) is 0 Å². The molecule has 0 aromatic heterocycles. The molecule has 1 rings (SSSR count). The first kappa shape index (κ1) is 9.57. The maximum Gasteiger partial charge on any atom is 0.408 e. The van der Waals surface area contributed by atoms with Crippen LogP contribution in [-0.2, 0) is 14.3 Å². The first-order valence-electron chi connectivity index (χ1n) is 3.87. The lowest BCUT2D eigenvalue weighted by Crippen LogP contribution is -2.35. The van der Waals surface area contributed by atoms with E-state index in [0.717, 1.165) is 0 Å². The molecule has 1 saturated heterocycles. The number of methoxy groups -OCH3 is 1. The second kappa shape index (κ2) is 3.93. The van der Waals surface area contributed by atoms with Gasteiger partial charge in [-0.3, -0.25) is 0 Å². The lowest BCUT2D eigenvalue weighted by Gasteiger charge is -2.09. The third kappa shape index (κ3) is 1.99. The summed E-state index contributed by atoms with van der Waals surface area (Å²) in [6.07, 6.45) is 1.94. The third-order valence-corrected chi connectivity index (χ3v) is 1.68. The minimum atomic E-state index is -0.867. The van der Waals surface area contributed by atoms with E-state index in [1.807, 2.05) is 0 Å². The molecule has 1 heterocycles. The van der Waals surface area contributed by atoms with Crippen LogP contribution < -0.4 is 5.32 Å². The highest BCUT2D eigenvalue weighted by molar-refractivity contribution is 5.83. The van der Waals surface area contributed by atoms with E-state index in [1.54, 1.807) is 19.1 Å². The summed E-state index contributed by atoms with van der Waals surface area (Å²) in [5.74, 6) is -0.554. The molecular formula is C8H11NO4. The Bertz CT molecular complexity index is 249. The van der Waals surface area contributed by atoms with Crippen LogP contribution in [0, 0.1) is 0 Å². The lowest BCUT2D eigenvalue weighted by atomic mass is 10.1. The van der Waals surface area contributed by atoms with Gasteiger partial charge in [-0.2, -0.15) is 0 Å². The fraction of sp³-hybridized carbons (Fsp3) is 0.500. The summed E-state index contributed by atoms with van der Waals surface area (Å²) in [7, 11) is 1.25. The Labute approximate surface area is 75.7 Å². The molecule has 0 radical (unpaired) electrons. The molecule has 1 N–H and O–H groups in total. The van der Waals surface area contributed by atoms with Crippen LogP contribution in [0.1, 0.15) is 6.92 Å². The lowest BCUT2D eigenvalue weighted by molar-refractivity contribution is -0.149. The standard InChI is InChI=1S/C8H11NO4/c1-3-4-5-6(7(10)12-2)13-8(11)9-5/h3-6H,1-2H3,(H,9,11)/b4-3+. The van der Waals surface area contributed by atoms with E-state index in [0.29, 0.717) is 0 Å². The van der Waals surface area contributed by atoms with E-state index in [1.165, 1.54) is 7.11 Å². The molecule has 5 nitrogen and oxygen atoms in total. The second-order valence-corrected chi connectivity index (χ2v) is 2.54. The summed E-state index contributed by atoms with van der Waals surface area (Å²) in [4.78, 5) is 21.9. The van der Waals surface area contributed by atoms with Gasteiger partial charge in [0.15, 0.2) is 0 Å². The van der Waals surface area contributed by atoms with Crippen molar-refractivity contribution in [3.05, 3.63) is 12.2 Å². The number of allylic oxidation sites excluding steroid dienone is 1. The smallest absolute Gasteiger partial charge is 0.408 e. The third-order valence-electron chi connectivity index (χ3n) is 1.68. The van der Waals surface area contributed by atoms with Gasteiger partial charge in [-0.05, 0) is 6.92 Å². The largest absolute Gasteiger partial charge is 0.466 e. The van der Waals surface area contributed by atoms with Crippen molar-refractivity contribution in [1.29, 1.82) is 0 Å². The minimum Gasteiger partial charge on any atom is -0.466 e. The number of carbonyl (C=O) groups is 2. The molecule has 72 valence electrons. The van der Waals surface area contributed by atoms with Crippen LogP contribution in [0.5, 0.6) is 0 Å². The fourth-order valence-electron chi connectivity index (χ4n) is 1.10. The van der Waals surface area contributed by atoms with Gasteiger partial charge < -0.3 is 14.8 Å². The van der Waals surface area contributed by atoms with E-state index in [4.69, 9.17) is 4.74 Å². The number of carbonyl (C=O) groups excluding carboxylic acids is 2. The van der Waals surface area contributed by atoms with Gasteiger partial charge in [0.25, 0.3) is 0 Å². The predicted octanol–water partition coefficient (Wildman–Crippen LogP) is 0.212. The number of ether oxygens (including phenoxy) is 2. The monoisotopic (exact) mass is 185 g/mol. The SMILES string of the molecule is C/C=C/C1NC(=O)OC1C(=O)OC. The molecule has 1 amide bonds. The van der Waals surface area contributed by atoms with Crippen molar-refractivity contribution >= 4 is 12.1 Å². The summed E-state index contributed by atoms with van der Waals surface area (Å²) < 4.78 is 9.17. The van der Waals surface area contributed by atoms with Crippen LogP contribution in [0.15, 0.2) is 12.2 Å². The van der Waals surface area contributed by atoms with Gasteiger partial charge in [0.1, 0.15) is 0 Å². The highest BCUT2D eigenvalue weighted by Crippen LogP contribution is 2.11. The van der Waals surface area contributed by atoms with Gasteiger partial charge in [-0.1, -0.05) is 12.2 Å². The van der Waals surface area contributed by atoms with Gasteiger partial charge >= 0.3 is 12.1 Å². The molecule has 0 saturated carbocycles. The molecule has 0 aliphatic carbocycles. The maximum absolute atomic E-state index is 11.1. The topological polar surface area (TPSA) is 64.6 Å². The molecule has 1 aliphatic heterocycles. The average molecular weight is 185 g/mol. The van der Waals surface area contributed by atoms with Crippen molar-refractivity contribution in [2.24, 2.45) is 0 Å². The van der Waals surface area contributed by atoms with Crippen LogP contribution in [0.3, 0.4) is 0 Å². The maximum atomic E-state index is 11.1. The van der Waals surface area contributed by atoms with E-state index >= 15 is 0 Å². The molecule has 5 heteroatoms. The number of rotatable bonds is 2. The zero-order valence-electron chi connectivity index (χ0n) is 7.44. The van der Waals surface area contributed by atoms with Crippen molar-refractivity contribution < 1.29 is 19.1 Å². The van der Waals surface area contributed by atoms with Crippen LogP contribution in [-0.4, -0.2) is 31.3 Å². The van der Waals surface area contributed by atoms with Gasteiger partial charge in [-0.15, -0.1) is 0 Å². The zero-order chi connectivity index (χ0) is 9.84. The Morgan fingerprint density at radius 1 is 1.69 bits per heavy atom. The van der Waals surface area contributed by atoms with E-state index in [9.17, 15) is 9.59 Å². The number of amides is 1. The van der Waals surface area contributed by atoms with Crippen LogP contribution in [0.25, 0.3) is 0 Å². The number of alkyl carbamates (subject to hydrolysis) is 1. The van der Waals surface area contributed by atoms with E-state index in [-0.39, 0.29) is 0 Å². The summed E-state index contributed by atoms with van der Waals surface area (Å²) >= 11 is 0. The summed E-state index contributed by atoms with van der Waals surface area (Å²) in [5.41, 5.74) is 0. The molecule has 13 heavy (non-hydrogen) atoms. The Morgan fingerprint density at radius 2 is 2.38 bits per heavy atom. The number of esters is 1. The van der Waals surface area contributed by atoms with E-state index < -0.39 is 24.2 Å². The molecule has 0 aromatic rings. The van der Waals surface area contributed by atoms with Crippen molar-refractivity contribution in [3.63, 3.8) is 0 Å². The van der Waals surface area contributed by atoms with Crippen LogP contribution in [0.2, 0.25) is 0 Å². The molecule has 1 aliphatic rings. The second-order valence-electron chi connectivity index (χ2n) is 2.54. The highest BCUT2D eigenvalue weighted by atomic mass is 16.6. The molecule has 0 aromatic carbocycles. The molecular weight excluding hydrogens is 174 g/mol. The van der Waals surface area contributed by atoms with E-state index in [2.05, 4.69) is 10.1 Å². The first-order chi connectivity index (χ1) is 6.19. The van der Waals surface area contributed by atoms with Crippen molar-refractivity contribution in [2.75, 3.05) is 7.11 Å². The van der Waals surface area contributed by atoms with Crippen LogP contribution in [0.4, 0.5) is 4.79 Å². The summed E-state index contributed by atoms with van der Waals surface area (Å²) in [6, 6.07) is -0.426. The zero-order valence-corrected chi connectivity index (χ0v) is 7.44. The first-order valence-corrected chi connectivity index (χ1v) is 3.87. The Kier molecular flexibility index (Phi) is 2.89. The summed E-state index contributed by atoms with van der Waals surface area (Å²) in [6.45, 7) is 1.79. The van der Waals surface area contributed by atoms with Crippen molar-refractivity contribution in [1.82, 2.24) is 5.32 Å². The van der Waals surface area contributed by atoms with Crippen molar-refractivity contribution in [3.8, 4) is 0 Å². The Balaban J connectivity index is 2.71. The van der Waals surface area contributed by atoms with Crippen LogP contribution >= 0.6 is 0 Å².